The van der Waals surface area contributed by atoms with Crippen LogP contribution in [0, 0.1) is 0 Å². The lowest BCUT2D eigenvalue weighted by atomic mass is 10.1. The molecule has 2 aromatic carbocycles. The van der Waals surface area contributed by atoms with Crippen molar-refractivity contribution in [1.29, 1.82) is 0 Å². The lowest BCUT2D eigenvalue weighted by Gasteiger charge is -2.05. The van der Waals surface area contributed by atoms with Crippen LogP contribution < -0.4 is 0 Å². The molecule has 6 heteroatoms. The standard InChI is InChI=1S/C21H19N3O2S/c25-17-11-12-18(26)24(17)13-14-27-21-22-19(15-7-3-1-4-8-15)20(23-21)16-9-5-2-6-10-16/h1-12,25-26H,13-14H2,(H,22,23). The van der Waals surface area contributed by atoms with Gasteiger partial charge in [0.1, 0.15) is 0 Å². The highest BCUT2D eigenvalue weighted by atomic mass is 32.2. The Hall–Kier alpha value is -3.12. The van der Waals surface area contributed by atoms with Gasteiger partial charge in [-0.05, 0) is 0 Å². The van der Waals surface area contributed by atoms with E-state index in [2.05, 4.69) is 17.1 Å². The van der Waals surface area contributed by atoms with Crippen molar-refractivity contribution in [2.75, 3.05) is 5.75 Å². The molecule has 0 radical (unpaired) electrons. The first-order chi connectivity index (χ1) is 13.2. The third kappa shape index (κ3) is 3.71. The maximum absolute atomic E-state index is 9.74. The molecule has 4 rings (SSSR count). The van der Waals surface area contributed by atoms with E-state index in [4.69, 9.17) is 4.98 Å². The summed E-state index contributed by atoms with van der Waals surface area (Å²) in [6, 6.07) is 23.2. The van der Waals surface area contributed by atoms with Gasteiger partial charge >= 0.3 is 0 Å². The van der Waals surface area contributed by atoms with Gasteiger partial charge in [0.2, 0.25) is 0 Å². The van der Waals surface area contributed by atoms with Gasteiger partial charge in [-0.2, -0.15) is 0 Å². The number of H-pyrrole nitrogens is 1. The van der Waals surface area contributed by atoms with Crippen LogP contribution in [0.15, 0.2) is 78.0 Å². The molecule has 0 bridgehead atoms. The van der Waals surface area contributed by atoms with E-state index in [0.717, 1.165) is 27.7 Å². The molecule has 2 heterocycles. The van der Waals surface area contributed by atoms with E-state index in [0.29, 0.717) is 12.3 Å². The zero-order valence-electron chi connectivity index (χ0n) is 14.5. The van der Waals surface area contributed by atoms with Crippen LogP contribution in [0.4, 0.5) is 0 Å². The summed E-state index contributed by atoms with van der Waals surface area (Å²) in [4.78, 5) is 8.22. The predicted octanol–water partition coefficient (Wildman–Crippen LogP) is 4.75. The van der Waals surface area contributed by atoms with Gasteiger partial charge in [-0.25, -0.2) is 4.98 Å². The molecule has 4 aromatic rings. The van der Waals surface area contributed by atoms with E-state index in [-0.39, 0.29) is 11.8 Å². The fourth-order valence-corrected chi connectivity index (χ4v) is 3.74. The Morgan fingerprint density at radius 2 is 1.41 bits per heavy atom. The number of hydrogen-bond donors (Lipinski definition) is 3. The van der Waals surface area contributed by atoms with Crippen molar-refractivity contribution >= 4 is 11.8 Å². The van der Waals surface area contributed by atoms with Crippen LogP contribution >= 0.6 is 11.8 Å². The molecule has 3 N–H and O–H groups in total. The Labute approximate surface area is 161 Å². The van der Waals surface area contributed by atoms with E-state index < -0.39 is 0 Å². The smallest absolute Gasteiger partial charge is 0.193 e. The summed E-state index contributed by atoms with van der Waals surface area (Å²) in [5.41, 5.74) is 4.03. The topological polar surface area (TPSA) is 74.1 Å². The van der Waals surface area contributed by atoms with Gasteiger partial charge in [0.25, 0.3) is 0 Å². The molecule has 0 aliphatic carbocycles. The highest BCUT2D eigenvalue weighted by molar-refractivity contribution is 7.99. The van der Waals surface area contributed by atoms with Crippen molar-refractivity contribution in [1.82, 2.24) is 14.5 Å². The van der Waals surface area contributed by atoms with Crippen LogP contribution in [0.2, 0.25) is 0 Å². The third-order valence-electron chi connectivity index (χ3n) is 4.28. The van der Waals surface area contributed by atoms with E-state index in [1.807, 2.05) is 48.5 Å². The first kappa shape index (κ1) is 17.3. The Bertz CT molecular complexity index is 950. The molecule has 27 heavy (non-hydrogen) atoms. The van der Waals surface area contributed by atoms with Crippen molar-refractivity contribution in [2.45, 2.75) is 11.7 Å². The van der Waals surface area contributed by atoms with Crippen molar-refractivity contribution in [2.24, 2.45) is 0 Å². The normalized spacial score (nSPS) is 11.0. The molecule has 0 saturated carbocycles. The number of nitrogens with zero attached hydrogens (tertiary/aromatic N) is 2. The molecule has 0 amide bonds. The molecule has 0 unspecified atom stereocenters. The molecule has 0 aliphatic heterocycles. The number of nitrogens with one attached hydrogen (secondary N) is 1. The Morgan fingerprint density at radius 3 is 2.04 bits per heavy atom. The van der Waals surface area contributed by atoms with Crippen molar-refractivity contribution in [3.63, 3.8) is 0 Å². The van der Waals surface area contributed by atoms with Gasteiger partial charge in [0.05, 0.1) is 11.4 Å². The van der Waals surface area contributed by atoms with Crippen molar-refractivity contribution < 1.29 is 10.2 Å². The molecule has 0 atom stereocenters. The predicted molar refractivity (Wildman–Crippen MR) is 108 cm³/mol. The molecule has 0 saturated heterocycles. The minimum absolute atomic E-state index is 0.0579. The largest absolute Gasteiger partial charge is 0.494 e. The maximum Gasteiger partial charge on any atom is 0.193 e. The number of aromatic amines is 1. The second kappa shape index (κ2) is 7.63. The van der Waals surface area contributed by atoms with Crippen molar-refractivity contribution in [3.05, 3.63) is 72.8 Å². The average molecular weight is 377 g/mol. The summed E-state index contributed by atoms with van der Waals surface area (Å²) in [6.07, 6.45) is 0. The van der Waals surface area contributed by atoms with E-state index >= 15 is 0 Å². The fourth-order valence-electron chi connectivity index (χ4n) is 2.95. The molecule has 136 valence electrons. The highest BCUT2D eigenvalue weighted by Crippen LogP contribution is 2.33. The first-order valence-corrected chi connectivity index (χ1v) is 9.62. The molecule has 0 fully saturated rings. The molecular formula is C21H19N3O2S. The van der Waals surface area contributed by atoms with Crippen LogP contribution in [-0.2, 0) is 6.54 Å². The lowest BCUT2D eigenvalue weighted by Crippen LogP contribution is -1.99. The minimum atomic E-state index is 0.0579. The number of rotatable bonds is 6. The van der Waals surface area contributed by atoms with Gasteiger partial charge in [0.15, 0.2) is 16.9 Å². The number of benzene rings is 2. The second-order valence-electron chi connectivity index (χ2n) is 6.05. The third-order valence-corrected chi connectivity index (χ3v) is 5.13. The second-order valence-corrected chi connectivity index (χ2v) is 7.13. The van der Waals surface area contributed by atoms with E-state index in [9.17, 15) is 10.2 Å². The summed E-state index contributed by atoms with van der Waals surface area (Å²) >= 11 is 1.55. The quantitative estimate of drug-likeness (QED) is 0.424. The van der Waals surface area contributed by atoms with Gasteiger partial charge < -0.3 is 15.2 Å². The Balaban J connectivity index is 1.59. The monoisotopic (exact) mass is 377 g/mol. The summed E-state index contributed by atoms with van der Waals surface area (Å²) in [5, 5.41) is 20.3. The number of hydrogen-bond acceptors (Lipinski definition) is 4. The lowest BCUT2D eigenvalue weighted by molar-refractivity contribution is 0.374. The van der Waals surface area contributed by atoms with Gasteiger partial charge in [0, 0.05) is 35.6 Å². The van der Waals surface area contributed by atoms with Gasteiger partial charge in [-0.3, -0.25) is 4.57 Å². The van der Waals surface area contributed by atoms with Crippen LogP contribution in [-0.4, -0.2) is 30.5 Å². The molecule has 0 aliphatic rings. The number of aromatic hydroxyl groups is 2. The molecule has 2 aromatic heterocycles. The average Bonchev–Trinajstić information content (AvgIpc) is 3.28. The maximum atomic E-state index is 9.74. The summed E-state index contributed by atoms with van der Waals surface area (Å²) in [6.45, 7) is 0.484. The number of imidazole rings is 1. The number of aromatic nitrogens is 3. The van der Waals surface area contributed by atoms with Crippen LogP contribution in [0.25, 0.3) is 22.5 Å². The van der Waals surface area contributed by atoms with Crippen LogP contribution in [0.5, 0.6) is 11.8 Å². The number of thioether (sulfide) groups is 1. The zero-order chi connectivity index (χ0) is 18.6. The fraction of sp³-hybridized carbons (Fsp3) is 0.0952. The molecule has 0 spiro atoms. The SMILES string of the molecule is Oc1ccc(O)n1CCSc1nc(-c2ccccc2)c(-c2ccccc2)[nH]1. The minimum Gasteiger partial charge on any atom is -0.494 e. The van der Waals surface area contributed by atoms with Crippen molar-refractivity contribution in [3.8, 4) is 34.3 Å². The zero-order valence-corrected chi connectivity index (χ0v) is 15.4. The highest BCUT2D eigenvalue weighted by Gasteiger charge is 2.14. The van der Waals surface area contributed by atoms with E-state index in [1.165, 1.54) is 16.7 Å². The summed E-state index contributed by atoms with van der Waals surface area (Å²) < 4.78 is 1.46. The van der Waals surface area contributed by atoms with E-state index in [1.54, 1.807) is 11.8 Å². The van der Waals surface area contributed by atoms with Gasteiger partial charge in [-0.1, -0.05) is 72.4 Å². The van der Waals surface area contributed by atoms with Crippen LogP contribution in [0.3, 0.4) is 0 Å². The Kier molecular flexibility index (Phi) is 4.89. The Morgan fingerprint density at radius 1 is 0.815 bits per heavy atom. The summed E-state index contributed by atoms with van der Waals surface area (Å²) in [7, 11) is 0. The van der Waals surface area contributed by atoms with Crippen LogP contribution in [0.1, 0.15) is 0 Å². The summed E-state index contributed by atoms with van der Waals surface area (Å²) in [5.74, 6) is 0.774. The molecule has 5 nitrogen and oxygen atoms in total. The van der Waals surface area contributed by atoms with Gasteiger partial charge in [-0.15, -0.1) is 0 Å². The first-order valence-electron chi connectivity index (χ1n) is 8.63. The molecular weight excluding hydrogens is 358 g/mol.